The summed E-state index contributed by atoms with van der Waals surface area (Å²) in [6.45, 7) is 7.22. The minimum absolute atomic E-state index is 0.200. The Labute approximate surface area is 155 Å². The number of carbonyl (C=O) groups is 1. The van der Waals surface area contributed by atoms with Crippen molar-refractivity contribution in [2.45, 2.75) is 40.0 Å². The molecule has 0 saturated carbocycles. The molecule has 1 heterocycles. The third-order valence-electron chi connectivity index (χ3n) is 4.13. The fourth-order valence-corrected chi connectivity index (χ4v) is 2.79. The third kappa shape index (κ3) is 5.26. The van der Waals surface area contributed by atoms with Crippen LogP contribution in [0.2, 0.25) is 0 Å². The van der Waals surface area contributed by atoms with Gasteiger partial charge in [0.15, 0.2) is 0 Å². The molecule has 0 bridgehead atoms. The summed E-state index contributed by atoms with van der Waals surface area (Å²) in [6.07, 6.45) is 2.61. The molecule has 26 heavy (non-hydrogen) atoms. The number of benzene rings is 1. The van der Waals surface area contributed by atoms with Gasteiger partial charge in [-0.2, -0.15) is 0 Å². The largest absolute Gasteiger partial charge is 0.385 e. The molecule has 6 nitrogen and oxygen atoms in total. The third-order valence-corrected chi connectivity index (χ3v) is 4.13. The molecule has 140 valence electrons. The van der Waals surface area contributed by atoms with E-state index in [1.54, 1.807) is 20.1 Å². The Kier molecular flexibility index (Phi) is 7.53. The van der Waals surface area contributed by atoms with E-state index >= 15 is 0 Å². The van der Waals surface area contributed by atoms with Crippen LogP contribution < -0.4 is 10.6 Å². The maximum atomic E-state index is 12.3. The second-order valence-electron chi connectivity index (χ2n) is 6.07. The summed E-state index contributed by atoms with van der Waals surface area (Å²) in [4.78, 5) is 21.1. The maximum Gasteiger partial charge on any atom is 0.270 e. The molecule has 2 N–H and O–H groups in total. The standard InChI is InChI=1S/C20H28N4O2/c1-5-15-9-7-10-16(6-2)19(15)24-18-13-17(22-14(3)23-18)20(25)21-11-8-12-26-4/h7,9-10,13H,5-6,8,11-12H2,1-4H3,(H,21,25)(H,22,23,24). The monoisotopic (exact) mass is 356 g/mol. The molecular formula is C20H28N4O2. The Hall–Kier alpha value is -2.47. The van der Waals surface area contributed by atoms with Crippen molar-refractivity contribution in [3.8, 4) is 0 Å². The molecule has 1 aromatic heterocycles. The van der Waals surface area contributed by atoms with Gasteiger partial charge in [0.2, 0.25) is 0 Å². The molecule has 0 fully saturated rings. The molecule has 0 aliphatic rings. The van der Waals surface area contributed by atoms with E-state index in [1.807, 2.05) is 0 Å². The van der Waals surface area contributed by atoms with Crippen LogP contribution in [0.5, 0.6) is 0 Å². The van der Waals surface area contributed by atoms with E-state index < -0.39 is 0 Å². The highest BCUT2D eigenvalue weighted by Crippen LogP contribution is 2.26. The number of rotatable bonds is 9. The van der Waals surface area contributed by atoms with E-state index in [0.717, 1.165) is 24.9 Å². The molecule has 6 heteroatoms. The number of para-hydroxylation sites is 1. The molecule has 1 aromatic carbocycles. The summed E-state index contributed by atoms with van der Waals surface area (Å²) in [5.41, 5.74) is 3.89. The van der Waals surface area contributed by atoms with Gasteiger partial charge in [-0.3, -0.25) is 4.79 Å². The lowest BCUT2D eigenvalue weighted by atomic mass is 10.0. The second kappa shape index (κ2) is 9.87. The van der Waals surface area contributed by atoms with Gasteiger partial charge in [0.05, 0.1) is 0 Å². The number of aromatic nitrogens is 2. The van der Waals surface area contributed by atoms with E-state index in [1.165, 1.54) is 11.1 Å². The van der Waals surface area contributed by atoms with Crippen LogP contribution in [0.15, 0.2) is 24.3 Å². The van der Waals surface area contributed by atoms with Crippen LogP contribution in [0.3, 0.4) is 0 Å². The number of carbonyl (C=O) groups excluding carboxylic acids is 1. The van der Waals surface area contributed by atoms with Crippen LogP contribution in [0.4, 0.5) is 11.5 Å². The number of hydrogen-bond donors (Lipinski definition) is 2. The number of ether oxygens (including phenoxy) is 1. The summed E-state index contributed by atoms with van der Waals surface area (Å²) >= 11 is 0. The van der Waals surface area contributed by atoms with E-state index in [4.69, 9.17) is 4.74 Å². The summed E-state index contributed by atoms with van der Waals surface area (Å²) in [5.74, 6) is 0.994. The summed E-state index contributed by atoms with van der Waals surface area (Å²) in [5, 5.41) is 6.26. The van der Waals surface area contributed by atoms with Crippen LogP contribution in [0.25, 0.3) is 0 Å². The van der Waals surface area contributed by atoms with Crippen molar-refractivity contribution in [2.24, 2.45) is 0 Å². The molecule has 0 unspecified atom stereocenters. The highest BCUT2D eigenvalue weighted by Gasteiger charge is 2.12. The predicted molar refractivity (Wildman–Crippen MR) is 104 cm³/mol. The Morgan fingerprint density at radius 3 is 2.46 bits per heavy atom. The number of amides is 1. The predicted octanol–water partition coefficient (Wildman–Crippen LogP) is 3.42. The van der Waals surface area contributed by atoms with Gasteiger partial charge in [0, 0.05) is 32.0 Å². The van der Waals surface area contributed by atoms with E-state index in [9.17, 15) is 4.79 Å². The van der Waals surface area contributed by atoms with Crippen molar-refractivity contribution in [1.29, 1.82) is 0 Å². The van der Waals surface area contributed by atoms with Crippen molar-refractivity contribution in [3.63, 3.8) is 0 Å². The van der Waals surface area contributed by atoms with Crippen molar-refractivity contribution in [1.82, 2.24) is 15.3 Å². The van der Waals surface area contributed by atoms with Crippen LogP contribution in [-0.2, 0) is 17.6 Å². The zero-order valence-corrected chi connectivity index (χ0v) is 16.1. The highest BCUT2D eigenvalue weighted by molar-refractivity contribution is 5.93. The van der Waals surface area contributed by atoms with Gasteiger partial charge in [-0.05, 0) is 37.3 Å². The topological polar surface area (TPSA) is 76.1 Å². The first-order chi connectivity index (χ1) is 12.6. The summed E-state index contributed by atoms with van der Waals surface area (Å²) < 4.78 is 4.99. The molecular weight excluding hydrogens is 328 g/mol. The first kappa shape index (κ1) is 19.8. The number of methoxy groups -OCH3 is 1. The van der Waals surface area contributed by atoms with Crippen molar-refractivity contribution in [3.05, 3.63) is 46.9 Å². The molecule has 2 rings (SSSR count). The first-order valence-corrected chi connectivity index (χ1v) is 9.09. The smallest absolute Gasteiger partial charge is 0.270 e. The van der Waals surface area contributed by atoms with Gasteiger partial charge in [-0.15, -0.1) is 0 Å². The maximum absolute atomic E-state index is 12.3. The van der Waals surface area contributed by atoms with Gasteiger partial charge < -0.3 is 15.4 Å². The Morgan fingerprint density at radius 1 is 1.15 bits per heavy atom. The number of hydrogen-bond acceptors (Lipinski definition) is 5. The van der Waals surface area contributed by atoms with Crippen molar-refractivity contribution in [2.75, 3.05) is 25.6 Å². The zero-order valence-electron chi connectivity index (χ0n) is 16.1. The average molecular weight is 356 g/mol. The summed E-state index contributed by atoms with van der Waals surface area (Å²) in [6, 6.07) is 8.00. The molecule has 0 radical (unpaired) electrons. The van der Waals surface area contributed by atoms with Gasteiger partial charge in [-0.1, -0.05) is 32.0 Å². The molecule has 0 aliphatic carbocycles. The molecule has 0 atom stereocenters. The quantitative estimate of drug-likeness (QED) is 0.673. The highest BCUT2D eigenvalue weighted by atomic mass is 16.5. The average Bonchev–Trinajstić information content (AvgIpc) is 2.64. The molecule has 0 aliphatic heterocycles. The summed E-state index contributed by atoms with van der Waals surface area (Å²) in [7, 11) is 1.65. The van der Waals surface area contributed by atoms with Crippen LogP contribution in [0, 0.1) is 6.92 Å². The minimum Gasteiger partial charge on any atom is -0.385 e. The van der Waals surface area contributed by atoms with Crippen LogP contribution in [0.1, 0.15) is 47.7 Å². The lowest BCUT2D eigenvalue weighted by Gasteiger charge is -2.15. The Morgan fingerprint density at radius 2 is 1.85 bits per heavy atom. The number of nitrogens with zero attached hydrogens (tertiary/aromatic N) is 2. The lowest BCUT2D eigenvalue weighted by Crippen LogP contribution is -2.26. The zero-order chi connectivity index (χ0) is 18.9. The fourth-order valence-electron chi connectivity index (χ4n) is 2.79. The van der Waals surface area contributed by atoms with E-state index in [2.05, 4.69) is 52.6 Å². The minimum atomic E-state index is -0.200. The van der Waals surface area contributed by atoms with Crippen molar-refractivity contribution >= 4 is 17.4 Å². The SMILES string of the molecule is CCc1cccc(CC)c1Nc1cc(C(=O)NCCCOC)nc(C)n1. The van der Waals surface area contributed by atoms with Gasteiger partial charge >= 0.3 is 0 Å². The van der Waals surface area contributed by atoms with E-state index in [0.29, 0.717) is 30.5 Å². The molecule has 1 amide bonds. The molecule has 2 aromatic rings. The molecule has 0 spiro atoms. The van der Waals surface area contributed by atoms with Gasteiger partial charge in [-0.25, -0.2) is 9.97 Å². The normalized spacial score (nSPS) is 10.6. The number of aryl methyl sites for hydroxylation is 3. The number of nitrogens with one attached hydrogen (secondary N) is 2. The first-order valence-electron chi connectivity index (χ1n) is 9.09. The Bertz CT molecular complexity index is 724. The van der Waals surface area contributed by atoms with Gasteiger partial charge in [0.25, 0.3) is 5.91 Å². The van der Waals surface area contributed by atoms with Crippen LogP contribution >= 0.6 is 0 Å². The second-order valence-corrected chi connectivity index (χ2v) is 6.07. The molecule has 0 saturated heterocycles. The van der Waals surface area contributed by atoms with Crippen LogP contribution in [-0.4, -0.2) is 36.1 Å². The van der Waals surface area contributed by atoms with Gasteiger partial charge in [0.1, 0.15) is 17.3 Å². The number of anilines is 2. The van der Waals surface area contributed by atoms with E-state index in [-0.39, 0.29) is 5.91 Å². The lowest BCUT2D eigenvalue weighted by molar-refractivity contribution is 0.0943. The fraction of sp³-hybridized carbons (Fsp3) is 0.450. The Balaban J connectivity index is 2.21. The van der Waals surface area contributed by atoms with Crippen molar-refractivity contribution < 1.29 is 9.53 Å².